The van der Waals surface area contributed by atoms with Crippen LogP contribution in [0.2, 0.25) is 0 Å². The van der Waals surface area contributed by atoms with E-state index in [1.165, 1.54) is 11.3 Å². The van der Waals surface area contributed by atoms with E-state index in [0.29, 0.717) is 11.0 Å². The standard InChI is InChI=1S/C18H16N5OS.BrH/c1-13-14(2)25-18(19-13)24-23-17(15-9-5-3-6-10-15)20-21-22(23)16-11-7-4-8-12-16;/h3-12H,1-2H3;1H/q+1;/p-1. The lowest BCUT2D eigenvalue weighted by molar-refractivity contribution is -0.764. The van der Waals surface area contributed by atoms with E-state index in [2.05, 4.69) is 15.3 Å². The summed E-state index contributed by atoms with van der Waals surface area (Å²) in [6, 6.07) is 19.6. The minimum Gasteiger partial charge on any atom is -1.00 e. The van der Waals surface area contributed by atoms with Crippen molar-refractivity contribution < 1.29 is 26.6 Å². The Bertz CT molecular complexity index is 925. The molecule has 0 fully saturated rings. The van der Waals surface area contributed by atoms with Crippen LogP contribution in [-0.2, 0) is 0 Å². The highest BCUT2D eigenvalue weighted by Gasteiger charge is 2.26. The van der Waals surface area contributed by atoms with E-state index < -0.39 is 0 Å². The number of halogens is 1. The van der Waals surface area contributed by atoms with Gasteiger partial charge in [0.1, 0.15) is 5.10 Å². The van der Waals surface area contributed by atoms with Gasteiger partial charge in [-0.3, -0.25) is 0 Å². The minimum atomic E-state index is 0. The van der Waals surface area contributed by atoms with Crippen LogP contribution in [0.25, 0.3) is 17.1 Å². The number of aromatic nitrogens is 5. The summed E-state index contributed by atoms with van der Waals surface area (Å²) in [5.41, 5.74) is 2.72. The second-order valence-corrected chi connectivity index (χ2v) is 6.66. The van der Waals surface area contributed by atoms with Crippen molar-refractivity contribution >= 4 is 11.3 Å². The number of hydrogen-bond acceptors (Lipinski definition) is 5. The van der Waals surface area contributed by atoms with Crippen molar-refractivity contribution in [1.82, 2.24) is 20.1 Å². The third kappa shape index (κ3) is 3.51. The SMILES string of the molecule is Cc1nc(On2c(-c3ccccc3)nn[n+]2-c2ccccc2)sc1C.[Br-]. The van der Waals surface area contributed by atoms with Gasteiger partial charge in [-0.05, 0) is 38.1 Å². The average molecular weight is 430 g/mol. The number of rotatable bonds is 4. The largest absolute Gasteiger partial charge is 1.00 e. The molecule has 0 spiro atoms. The Morgan fingerprint density at radius 1 is 0.962 bits per heavy atom. The fraction of sp³-hybridized carbons (Fsp3) is 0.111. The van der Waals surface area contributed by atoms with Gasteiger partial charge in [-0.15, -0.1) is 0 Å². The number of tetrazole rings is 1. The van der Waals surface area contributed by atoms with Crippen molar-refractivity contribution in [2.75, 3.05) is 0 Å². The summed E-state index contributed by atoms with van der Waals surface area (Å²) in [5, 5.41) is 9.14. The minimum absolute atomic E-state index is 0. The van der Waals surface area contributed by atoms with Gasteiger partial charge in [-0.2, -0.15) is 0 Å². The Hall–Kier alpha value is -2.58. The number of aryl methyl sites for hydroxylation is 2. The van der Waals surface area contributed by atoms with Crippen LogP contribution in [-0.4, -0.2) is 20.1 Å². The van der Waals surface area contributed by atoms with Crippen LogP contribution in [0.3, 0.4) is 0 Å². The smallest absolute Gasteiger partial charge is 0.356 e. The highest BCUT2D eigenvalue weighted by atomic mass is 79.9. The molecule has 132 valence electrons. The third-order valence-electron chi connectivity index (χ3n) is 3.77. The van der Waals surface area contributed by atoms with Crippen LogP contribution < -0.4 is 26.6 Å². The molecule has 0 unspecified atom stereocenters. The molecule has 2 aromatic carbocycles. The lowest BCUT2D eigenvalue weighted by Crippen LogP contribution is -3.00. The van der Waals surface area contributed by atoms with Gasteiger partial charge in [-0.25, -0.2) is 4.98 Å². The van der Waals surface area contributed by atoms with Crippen LogP contribution in [0.15, 0.2) is 60.7 Å². The van der Waals surface area contributed by atoms with Crippen LogP contribution >= 0.6 is 11.3 Å². The second kappa shape index (κ2) is 7.76. The molecular weight excluding hydrogens is 414 g/mol. The van der Waals surface area contributed by atoms with Crippen molar-refractivity contribution in [3.05, 3.63) is 71.2 Å². The first-order chi connectivity index (χ1) is 12.2. The highest BCUT2D eigenvalue weighted by Crippen LogP contribution is 2.25. The monoisotopic (exact) mass is 429 g/mol. The van der Waals surface area contributed by atoms with Crippen molar-refractivity contribution in [3.8, 4) is 22.3 Å². The van der Waals surface area contributed by atoms with Crippen molar-refractivity contribution in [3.63, 3.8) is 0 Å². The Balaban J connectivity index is 0.00000196. The van der Waals surface area contributed by atoms with Crippen LogP contribution in [0, 0.1) is 13.8 Å². The molecular formula is C18H16BrN5OS. The topological polar surface area (TPSA) is 56.7 Å². The first-order valence-electron chi connectivity index (χ1n) is 7.83. The molecule has 2 heterocycles. The van der Waals surface area contributed by atoms with Gasteiger partial charge in [0.25, 0.3) is 0 Å². The maximum Gasteiger partial charge on any atom is 0.356 e. The van der Waals surface area contributed by atoms with E-state index in [0.717, 1.165) is 21.8 Å². The summed E-state index contributed by atoms with van der Waals surface area (Å²) in [6.45, 7) is 3.99. The molecule has 0 bridgehead atoms. The van der Waals surface area contributed by atoms with Gasteiger partial charge < -0.3 is 21.8 Å². The zero-order valence-corrected chi connectivity index (χ0v) is 16.6. The lowest BCUT2D eigenvalue weighted by atomic mass is 10.2. The Morgan fingerprint density at radius 2 is 1.62 bits per heavy atom. The Labute approximate surface area is 165 Å². The maximum atomic E-state index is 6.05. The number of benzene rings is 2. The molecule has 0 atom stereocenters. The molecule has 0 N–H and O–H groups in total. The van der Waals surface area contributed by atoms with Gasteiger partial charge >= 0.3 is 11.0 Å². The molecule has 4 aromatic rings. The van der Waals surface area contributed by atoms with Gasteiger partial charge in [0.2, 0.25) is 0 Å². The van der Waals surface area contributed by atoms with Crippen LogP contribution in [0.5, 0.6) is 5.19 Å². The molecule has 2 aromatic heterocycles. The first kappa shape index (κ1) is 18.2. The zero-order valence-electron chi connectivity index (χ0n) is 14.2. The quantitative estimate of drug-likeness (QED) is 0.433. The molecule has 6 nitrogen and oxygen atoms in total. The summed E-state index contributed by atoms with van der Waals surface area (Å²) in [6.07, 6.45) is 0. The van der Waals surface area contributed by atoms with E-state index in [1.54, 1.807) is 9.64 Å². The van der Waals surface area contributed by atoms with Gasteiger partial charge in [0.05, 0.1) is 11.3 Å². The van der Waals surface area contributed by atoms with Crippen LogP contribution in [0.1, 0.15) is 10.6 Å². The molecule has 4 rings (SSSR count). The molecule has 0 amide bonds. The normalized spacial score (nSPS) is 10.4. The second-order valence-electron chi connectivity index (χ2n) is 5.49. The molecule has 0 aliphatic rings. The Kier molecular flexibility index (Phi) is 5.43. The van der Waals surface area contributed by atoms with E-state index in [-0.39, 0.29) is 17.0 Å². The third-order valence-corrected chi connectivity index (χ3v) is 4.71. The molecule has 8 heteroatoms. The Morgan fingerprint density at radius 3 is 2.23 bits per heavy atom. The van der Waals surface area contributed by atoms with Crippen molar-refractivity contribution in [1.29, 1.82) is 0 Å². The number of thiazole rings is 1. The van der Waals surface area contributed by atoms with Crippen LogP contribution in [0.4, 0.5) is 0 Å². The average Bonchev–Trinajstić information content (AvgIpc) is 3.20. The van der Waals surface area contributed by atoms with Gasteiger partial charge in [0, 0.05) is 14.5 Å². The molecule has 0 radical (unpaired) electrons. The fourth-order valence-electron chi connectivity index (χ4n) is 2.36. The van der Waals surface area contributed by atoms with Gasteiger partial charge in [0.15, 0.2) is 10.9 Å². The van der Waals surface area contributed by atoms with E-state index >= 15 is 0 Å². The zero-order chi connectivity index (χ0) is 17.2. The van der Waals surface area contributed by atoms with Gasteiger partial charge in [-0.1, -0.05) is 47.7 Å². The fourth-order valence-corrected chi connectivity index (χ4v) is 3.11. The van der Waals surface area contributed by atoms with E-state index in [1.807, 2.05) is 74.5 Å². The predicted octanol–water partition coefficient (Wildman–Crippen LogP) is 0.141. The first-order valence-corrected chi connectivity index (χ1v) is 8.65. The molecule has 0 aliphatic carbocycles. The summed E-state index contributed by atoms with van der Waals surface area (Å²) in [5.74, 6) is 0.606. The lowest BCUT2D eigenvalue weighted by Gasteiger charge is -2.03. The van der Waals surface area contributed by atoms with E-state index in [9.17, 15) is 0 Å². The molecule has 0 saturated heterocycles. The number of para-hydroxylation sites is 1. The molecule has 0 saturated carbocycles. The van der Waals surface area contributed by atoms with Crippen molar-refractivity contribution in [2.45, 2.75) is 13.8 Å². The molecule has 26 heavy (non-hydrogen) atoms. The van der Waals surface area contributed by atoms with E-state index in [4.69, 9.17) is 4.84 Å². The summed E-state index contributed by atoms with van der Waals surface area (Å²) in [4.78, 5) is 14.8. The summed E-state index contributed by atoms with van der Waals surface area (Å²) in [7, 11) is 0. The summed E-state index contributed by atoms with van der Waals surface area (Å²) < 4.78 is 0. The number of nitrogens with zero attached hydrogens (tertiary/aromatic N) is 5. The molecule has 0 aliphatic heterocycles. The highest BCUT2D eigenvalue weighted by molar-refractivity contribution is 7.13. The maximum absolute atomic E-state index is 6.05. The number of hydrogen-bond donors (Lipinski definition) is 0. The summed E-state index contributed by atoms with van der Waals surface area (Å²) >= 11 is 1.50. The van der Waals surface area contributed by atoms with Crippen molar-refractivity contribution in [2.24, 2.45) is 0 Å². The predicted molar refractivity (Wildman–Crippen MR) is 94.6 cm³/mol.